The Morgan fingerprint density at radius 3 is 2.48 bits per heavy atom. The van der Waals surface area contributed by atoms with Crippen LogP contribution in [0, 0.1) is 6.92 Å². The van der Waals surface area contributed by atoms with Crippen LogP contribution in [0.3, 0.4) is 0 Å². The van der Waals surface area contributed by atoms with E-state index in [0.717, 1.165) is 28.8 Å². The molecule has 3 rings (SSSR count). The Hall–Kier alpha value is -2.17. The SMILES string of the molecule is CCc1cccc(C)c1NC(=O)c1ccc(C2OCCO2)cc1. The summed E-state index contributed by atoms with van der Waals surface area (Å²) in [5.74, 6) is -0.103. The van der Waals surface area contributed by atoms with Gasteiger partial charge in [-0.1, -0.05) is 37.3 Å². The summed E-state index contributed by atoms with van der Waals surface area (Å²) in [7, 11) is 0. The Morgan fingerprint density at radius 1 is 1.13 bits per heavy atom. The fourth-order valence-electron chi connectivity index (χ4n) is 2.73. The minimum atomic E-state index is -0.310. The first-order valence-corrected chi connectivity index (χ1v) is 7.92. The quantitative estimate of drug-likeness (QED) is 0.933. The number of carbonyl (C=O) groups is 1. The minimum Gasteiger partial charge on any atom is -0.346 e. The number of aryl methyl sites for hydroxylation is 2. The van der Waals surface area contributed by atoms with Crippen molar-refractivity contribution in [1.29, 1.82) is 0 Å². The molecule has 0 aliphatic carbocycles. The summed E-state index contributed by atoms with van der Waals surface area (Å²) in [5.41, 5.74) is 4.68. The van der Waals surface area contributed by atoms with Crippen LogP contribution in [-0.2, 0) is 15.9 Å². The zero-order valence-corrected chi connectivity index (χ0v) is 13.5. The first-order chi connectivity index (χ1) is 11.2. The summed E-state index contributed by atoms with van der Waals surface area (Å²) in [6.07, 6.45) is 0.572. The van der Waals surface area contributed by atoms with E-state index in [4.69, 9.17) is 9.47 Å². The van der Waals surface area contributed by atoms with Crippen LogP contribution in [0.25, 0.3) is 0 Å². The zero-order chi connectivity index (χ0) is 16.2. The molecule has 23 heavy (non-hydrogen) atoms. The molecule has 2 aromatic rings. The van der Waals surface area contributed by atoms with Crippen LogP contribution in [0.5, 0.6) is 0 Å². The van der Waals surface area contributed by atoms with Crippen molar-refractivity contribution < 1.29 is 14.3 Å². The van der Waals surface area contributed by atoms with Crippen LogP contribution in [0.15, 0.2) is 42.5 Å². The van der Waals surface area contributed by atoms with Gasteiger partial charge in [-0.2, -0.15) is 0 Å². The number of hydrogen-bond donors (Lipinski definition) is 1. The molecule has 1 amide bonds. The molecule has 0 saturated carbocycles. The summed E-state index contributed by atoms with van der Waals surface area (Å²) in [5, 5.41) is 3.03. The molecule has 1 aliphatic rings. The van der Waals surface area contributed by atoms with Gasteiger partial charge >= 0.3 is 0 Å². The molecular formula is C19H21NO3. The molecule has 1 fully saturated rings. The highest BCUT2D eigenvalue weighted by Crippen LogP contribution is 2.24. The molecule has 0 radical (unpaired) electrons. The summed E-state index contributed by atoms with van der Waals surface area (Å²) in [6, 6.07) is 13.4. The van der Waals surface area contributed by atoms with Gasteiger partial charge in [0.1, 0.15) is 0 Å². The van der Waals surface area contributed by atoms with Gasteiger partial charge in [0.2, 0.25) is 0 Å². The number of para-hydroxylation sites is 1. The molecule has 0 unspecified atom stereocenters. The van der Waals surface area contributed by atoms with E-state index in [1.807, 2.05) is 37.3 Å². The normalized spacial score (nSPS) is 14.9. The van der Waals surface area contributed by atoms with E-state index in [0.29, 0.717) is 18.8 Å². The fourth-order valence-corrected chi connectivity index (χ4v) is 2.73. The lowest BCUT2D eigenvalue weighted by atomic mass is 10.0. The van der Waals surface area contributed by atoms with Crippen LogP contribution < -0.4 is 5.32 Å². The van der Waals surface area contributed by atoms with E-state index < -0.39 is 0 Å². The highest BCUT2D eigenvalue weighted by Gasteiger charge is 2.18. The molecule has 2 aromatic carbocycles. The van der Waals surface area contributed by atoms with Gasteiger partial charge in [-0.15, -0.1) is 0 Å². The number of carbonyl (C=O) groups excluding carboxylic acids is 1. The number of anilines is 1. The summed E-state index contributed by atoms with van der Waals surface area (Å²) in [6.45, 7) is 5.31. The van der Waals surface area contributed by atoms with Crippen LogP contribution in [0.2, 0.25) is 0 Å². The monoisotopic (exact) mass is 311 g/mol. The first-order valence-electron chi connectivity index (χ1n) is 7.92. The molecule has 0 atom stereocenters. The molecule has 0 aromatic heterocycles. The van der Waals surface area contributed by atoms with Gasteiger partial charge in [0.05, 0.1) is 13.2 Å². The van der Waals surface area contributed by atoms with Gasteiger partial charge < -0.3 is 14.8 Å². The van der Waals surface area contributed by atoms with Gasteiger partial charge in [-0.25, -0.2) is 0 Å². The number of hydrogen-bond acceptors (Lipinski definition) is 3. The lowest BCUT2D eigenvalue weighted by molar-refractivity contribution is -0.0441. The Labute approximate surface area is 136 Å². The van der Waals surface area contributed by atoms with E-state index in [1.54, 1.807) is 12.1 Å². The Balaban J connectivity index is 1.76. The van der Waals surface area contributed by atoms with Crippen molar-refractivity contribution in [1.82, 2.24) is 0 Å². The maximum atomic E-state index is 12.5. The van der Waals surface area contributed by atoms with E-state index >= 15 is 0 Å². The van der Waals surface area contributed by atoms with Gasteiger partial charge in [-0.3, -0.25) is 4.79 Å². The molecule has 1 N–H and O–H groups in total. The summed E-state index contributed by atoms with van der Waals surface area (Å²) < 4.78 is 10.9. The highest BCUT2D eigenvalue weighted by atomic mass is 16.7. The van der Waals surface area contributed by atoms with E-state index in [-0.39, 0.29) is 12.2 Å². The third-order valence-electron chi connectivity index (χ3n) is 4.05. The van der Waals surface area contributed by atoms with E-state index in [1.165, 1.54) is 0 Å². The molecule has 0 bridgehead atoms. The predicted octanol–water partition coefficient (Wildman–Crippen LogP) is 3.86. The Kier molecular flexibility index (Phi) is 4.74. The molecule has 4 heteroatoms. The number of ether oxygens (including phenoxy) is 2. The van der Waals surface area contributed by atoms with Crippen LogP contribution in [0.4, 0.5) is 5.69 Å². The average molecular weight is 311 g/mol. The molecule has 120 valence electrons. The maximum absolute atomic E-state index is 12.5. The average Bonchev–Trinajstić information content (AvgIpc) is 3.11. The lowest BCUT2D eigenvalue weighted by Crippen LogP contribution is -2.14. The molecular weight excluding hydrogens is 290 g/mol. The second-order valence-corrected chi connectivity index (χ2v) is 5.61. The summed E-state index contributed by atoms with van der Waals surface area (Å²) in [4.78, 5) is 12.5. The predicted molar refractivity (Wildman–Crippen MR) is 89.6 cm³/mol. The third-order valence-corrected chi connectivity index (χ3v) is 4.05. The molecule has 4 nitrogen and oxygen atoms in total. The van der Waals surface area contributed by atoms with Crippen molar-refractivity contribution in [2.24, 2.45) is 0 Å². The zero-order valence-electron chi connectivity index (χ0n) is 13.5. The summed E-state index contributed by atoms with van der Waals surface area (Å²) >= 11 is 0. The van der Waals surface area contributed by atoms with Crippen molar-refractivity contribution in [3.8, 4) is 0 Å². The maximum Gasteiger partial charge on any atom is 0.255 e. The largest absolute Gasteiger partial charge is 0.346 e. The Morgan fingerprint density at radius 2 is 1.83 bits per heavy atom. The lowest BCUT2D eigenvalue weighted by Gasteiger charge is -2.14. The number of amides is 1. The van der Waals surface area contributed by atoms with Crippen LogP contribution in [-0.4, -0.2) is 19.1 Å². The van der Waals surface area contributed by atoms with Crippen LogP contribution in [0.1, 0.15) is 40.3 Å². The van der Waals surface area contributed by atoms with Gasteiger partial charge in [0.15, 0.2) is 6.29 Å². The first kappa shape index (κ1) is 15.7. The van der Waals surface area contributed by atoms with Gasteiger partial charge in [0, 0.05) is 16.8 Å². The number of nitrogens with one attached hydrogen (secondary N) is 1. The highest BCUT2D eigenvalue weighted by molar-refractivity contribution is 6.05. The fraction of sp³-hybridized carbons (Fsp3) is 0.316. The third kappa shape index (κ3) is 3.44. The topological polar surface area (TPSA) is 47.6 Å². The van der Waals surface area contributed by atoms with Crippen LogP contribution >= 0.6 is 0 Å². The van der Waals surface area contributed by atoms with Crippen molar-refractivity contribution in [2.75, 3.05) is 18.5 Å². The smallest absolute Gasteiger partial charge is 0.255 e. The van der Waals surface area contributed by atoms with Crippen molar-refractivity contribution in [2.45, 2.75) is 26.6 Å². The molecule has 1 heterocycles. The Bertz CT molecular complexity index is 688. The second-order valence-electron chi connectivity index (χ2n) is 5.61. The van der Waals surface area contributed by atoms with Crippen molar-refractivity contribution >= 4 is 11.6 Å². The van der Waals surface area contributed by atoms with Gasteiger partial charge in [0.25, 0.3) is 5.91 Å². The van der Waals surface area contributed by atoms with E-state index in [2.05, 4.69) is 12.2 Å². The minimum absolute atomic E-state index is 0.103. The number of rotatable bonds is 4. The molecule has 1 aliphatic heterocycles. The van der Waals surface area contributed by atoms with Crippen molar-refractivity contribution in [3.05, 3.63) is 64.7 Å². The van der Waals surface area contributed by atoms with Gasteiger partial charge in [-0.05, 0) is 36.6 Å². The van der Waals surface area contributed by atoms with E-state index in [9.17, 15) is 4.79 Å². The molecule has 0 spiro atoms. The number of benzene rings is 2. The van der Waals surface area contributed by atoms with Crippen molar-refractivity contribution in [3.63, 3.8) is 0 Å². The standard InChI is InChI=1S/C19H21NO3/c1-3-14-6-4-5-13(2)17(14)20-18(21)15-7-9-16(10-8-15)19-22-11-12-23-19/h4-10,19H,3,11-12H2,1-2H3,(H,20,21). The second kappa shape index (κ2) is 6.94. The molecule has 1 saturated heterocycles.